The van der Waals surface area contributed by atoms with E-state index in [0.717, 1.165) is 70.1 Å². The van der Waals surface area contributed by atoms with Crippen molar-refractivity contribution in [3.63, 3.8) is 0 Å². The summed E-state index contributed by atoms with van der Waals surface area (Å²) in [5.41, 5.74) is 0. The number of aliphatic hydroxyl groups excluding tert-OH is 2. The maximum absolute atomic E-state index is 11.9. The van der Waals surface area contributed by atoms with Crippen LogP contribution in [0.15, 0.2) is 48.6 Å². The fraction of sp³-hybridized carbons (Fsp3) is 0.722. The third-order valence-electron chi connectivity index (χ3n) is 7.18. The van der Waals surface area contributed by atoms with Crippen LogP contribution < -0.4 is 0 Å². The molecule has 0 aromatic carbocycles. The van der Waals surface area contributed by atoms with Gasteiger partial charge < -0.3 is 19.7 Å². The third kappa shape index (κ3) is 29.3. The Kier molecular flexibility index (Phi) is 28.7. The molecule has 0 aliphatic carbocycles. The second-order valence-corrected chi connectivity index (χ2v) is 11.3. The van der Waals surface area contributed by atoms with Gasteiger partial charge >= 0.3 is 11.9 Å². The number of allylic oxidation sites excluding steroid dienone is 7. The zero-order valence-corrected chi connectivity index (χ0v) is 27.0. The average Bonchev–Trinajstić information content (AvgIpc) is 2.99. The van der Waals surface area contributed by atoms with Crippen LogP contribution in [-0.2, 0) is 19.1 Å². The molecular weight excluding hydrogens is 528 g/mol. The monoisotopic (exact) mass is 590 g/mol. The maximum atomic E-state index is 11.9. The van der Waals surface area contributed by atoms with Gasteiger partial charge in [-0.25, -0.2) is 0 Å². The second-order valence-electron chi connectivity index (χ2n) is 11.3. The number of ether oxygens (including phenoxy) is 2. The van der Waals surface area contributed by atoms with Crippen LogP contribution in [0.5, 0.6) is 0 Å². The van der Waals surface area contributed by atoms with Gasteiger partial charge in [0.15, 0.2) is 0 Å². The van der Waals surface area contributed by atoms with Crippen molar-refractivity contribution in [2.75, 3.05) is 13.2 Å². The lowest BCUT2D eigenvalue weighted by atomic mass is 10.00. The fourth-order valence-electron chi connectivity index (χ4n) is 4.19. The minimum absolute atomic E-state index is 0.145. The highest BCUT2D eigenvalue weighted by Crippen LogP contribution is 2.14. The fourth-order valence-corrected chi connectivity index (χ4v) is 4.19. The molecule has 0 rings (SSSR count). The van der Waals surface area contributed by atoms with E-state index in [2.05, 4.69) is 57.2 Å². The average molecular weight is 591 g/mol. The molecule has 0 heterocycles. The molecule has 0 bridgehead atoms. The highest BCUT2D eigenvalue weighted by molar-refractivity contribution is 5.69. The molecule has 0 radical (unpaired) electrons. The summed E-state index contributed by atoms with van der Waals surface area (Å²) in [5, 5.41) is 19.7. The summed E-state index contributed by atoms with van der Waals surface area (Å²) in [6.45, 7) is 6.37. The van der Waals surface area contributed by atoms with Crippen molar-refractivity contribution in [2.45, 2.75) is 149 Å². The topological polar surface area (TPSA) is 93.1 Å². The maximum Gasteiger partial charge on any atom is 0.305 e. The first kappa shape index (κ1) is 39.8. The first-order valence-corrected chi connectivity index (χ1v) is 16.7. The molecule has 0 amide bonds. The van der Waals surface area contributed by atoms with Crippen LogP contribution in [0, 0.1) is 5.92 Å². The Balaban J connectivity index is 3.64. The van der Waals surface area contributed by atoms with Gasteiger partial charge in [-0.3, -0.25) is 9.59 Å². The first-order valence-electron chi connectivity index (χ1n) is 16.7. The van der Waals surface area contributed by atoms with Crippen LogP contribution in [0.25, 0.3) is 0 Å². The lowest BCUT2D eigenvalue weighted by Gasteiger charge is -2.12. The van der Waals surface area contributed by atoms with Crippen molar-refractivity contribution in [3.8, 4) is 0 Å². The van der Waals surface area contributed by atoms with Crippen LogP contribution in [-0.4, -0.2) is 47.6 Å². The summed E-state index contributed by atoms with van der Waals surface area (Å²) in [5.74, 6) is 0.160. The molecule has 3 atom stereocenters. The van der Waals surface area contributed by atoms with Gasteiger partial charge in [0.2, 0.25) is 0 Å². The van der Waals surface area contributed by atoms with Crippen molar-refractivity contribution in [1.29, 1.82) is 0 Å². The molecule has 42 heavy (non-hydrogen) atoms. The zero-order chi connectivity index (χ0) is 31.1. The van der Waals surface area contributed by atoms with Gasteiger partial charge in [0.25, 0.3) is 0 Å². The Hall–Kier alpha value is -2.18. The van der Waals surface area contributed by atoms with Gasteiger partial charge in [-0.05, 0) is 50.9 Å². The largest absolute Gasteiger partial charge is 0.463 e. The molecule has 6 nitrogen and oxygen atoms in total. The van der Waals surface area contributed by atoms with E-state index >= 15 is 0 Å². The Morgan fingerprint density at radius 3 is 1.76 bits per heavy atom. The Labute approximate surface area is 257 Å². The van der Waals surface area contributed by atoms with Crippen LogP contribution in [0.4, 0.5) is 0 Å². The van der Waals surface area contributed by atoms with E-state index in [1.54, 1.807) is 0 Å². The molecule has 0 spiro atoms. The molecule has 0 aliphatic heterocycles. The lowest BCUT2D eigenvalue weighted by molar-refractivity contribution is -0.152. The van der Waals surface area contributed by atoms with Crippen LogP contribution in [0.2, 0.25) is 0 Å². The van der Waals surface area contributed by atoms with Gasteiger partial charge in [-0.1, -0.05) is 127 Å². The van der Waals surface area contributed by atoms with E-state index in [0.29, 0.717) is 19.3 Å². The number of unbranched alkanes of at least 4 members (excludes halogenated alkanes) is 7. The van der Waals surface area contributed by atoms with E-state index < -0.39 is 6.10 Å². The molecule has 0 saturated carbocycles. The molecule has 0 fully saturated rings. The standard InChI is InChI=1S/C36H62O6/c1-4-6-26-33(37)27-22-18-13-11-9-7-8-10-12-14-19-23-28-35(39)41-30-34(38)31-42-36(40)29-24-20-16-15-17-21-25-32(3)5-2/h7-8,11-14,22,27,32-34,37-38H,4-6,9-10,15-21,23-26,28-31H2,1-3H3/b8-7-,13-11-,14-12-,27-22-/t32?,33-,34-/m0/s1. The van der Waals surface area contributed by atoms with Gasteiger partial charge in [-0.15, -0.1) is 0 Å². The molecule has 1 unspecified atom stereocenters. The highest BCUT2D eigenvalue weighted by atomic mass is 16.6. The summed E-state index contributed by atoms with van der Waals surface area (Å²) >= 11 is 0. The van der Waals surface area contributed by atoms with Crippen LogP contribution in [0.1, 0.15) is 136 Å². The molecule has 6 heteroatoms. The molecule has 0 saturated heterocycles. The Bertz CT molecular complexity index is 754. The summed E-state index contributed by atoms with van der Waals surface area (Å²) in [4.78, 5) is 23.7. The van der Waals surface area contributed by atoms with Gasteiger partial charge in [0.05, 0.1) is 6.10 Å². The lowest BCUT2D eigenvalue weighted by Crippen LogP contribution is -2.25. The number of esters is 2. The minimum atomic E-state index is -0.996. The number of hydrogen-bond acceptors (Lipinski definition) is 6. The van der Waals surface area contributed by atoms with Crippen molar-refractivity contribution in [1.82, 2.24) is 0 Å². The van der Waals surface area contributed by atoms with Crippen LogP contribution >= 0.6 is 0 Å². The summed E-state index contributed by atoms with van der Waals surface area (Å²) in [7, 11) is 0. The van der Waals surface area contributed by atoms with Crippen molar-refractivity contribution >= 4 is 11.9 Å². The molecule has 0 aromatic heterocycles. The molecular formula is C36H62O6. The predicted octanol–water partition coefficient (Wildman–Crippen LogP) is 8.72. The van der Waals surface area contributed by atoms with Gasteiger partial charge in [-0.2, -0.15) is 0 Å². The summed E-state index contributed by atoms with van der Waals surface area (Å²) in [6, 6.07) is 0. The Morgan fingerprint density at radius 1 is 0.643 bits per heavy atom. The van der Waals surface area contributed by atoms with Crippen molar-refractivity contribution in [2.24, 2.45) is 5.92 Å². The van der Waals surface area contributed by atoms with E-state index in [-0.39, 0.29) is 31.3 Å². The third-order valence-corrected chi connectivity index (χ3v) is 7.18. The number of carbonyl (C=O) groups excluding carboxylic acids is 2. The molecule has 242 valence electrons. The zero-order valence-electron chi connectivity index (χ0n) is 27.0. The number of carbonyl (C=O) groups is 2. The van der Waals surface area contributed by atoms with Crippen LogP contribution in [0.3, 0.4) is 0 Å². The minimum Gasteiger partial charge on any atom is -0.463 e. The van der Waals surface area contributed by atoms with Crippen molar-refractivity contribution in [3.05, 3.63) is 48.6 Å². The number of aliphatic hydroxyl groups is 2. The number of rotatable bonds is 28. The molecule has 0 aromatic rings. The summed E-state index contributed by atoms with van der Waals surface area (Å²) in [6.07, 6.45) is 32.2. The summed E-state index contributed by atoms with van der Waals surface area (Å²) < 4.78 is 10.2. The Morgan fingerprint density at radius 2 is 1.17 bits per heavy atom. The molecule has 0 aliphatic rings. The van der Waals surface area contributed by atoms with Crippen molar-refractivity contribution < 1.29 is 29.3 Å². The molecule has 2 N–H and O–H groups in total. The van der Waals surface area contributed by atoms with Gasteiger partial charge in [0.1, 0.15) is 19.3 Å². The van der Waals surface area contributed by atoms with E-state index in [1.807, 2.05) is 12.2 Å². The van der Waals surface area contributed by atoms with E-state index in [1.165, 1.54) is 32.1 Å². The van der Waals surface area contributed by atoms with E-state index in [4.69, 9.17) is 9.47 Å². The van der Waals surface area contributed by atoms with E-state index in [9.17, 15) is 19.8 Å². The SMILES string of the molecule is CCCC[C@H](O)/C=C\C/C=C\C/C=C\C/C=C\CCCC(=O)OC[C@H](O)COC(=O)CCCCCCCCC(C)CC. The first-order chi connectivity index (χ1) is 20.4. The second kappa shape index (κ2) is 30.3. The predicted molar refractivity (Wildman–Crippen MR) is 174 cm³/mol. The smallest absolute Gasteiger partial charge is 0.305 e. The normalized spacial score (nSPS) is 14.3. The highest BCUT2D eigenvalue weighted by Gasteiger charge is 2.12. The quantitative estimate of drug-likeness (QED) is 0.0538. The van der Waals surface area contributed by atoms with Gasteiger partial charge in [0, 0.05) is 12.8 Å². The number of hydrogen-bond donors (Lipinski definition) is 2.